The summed E-state index contributed by atoms with van der Waals surface area (Å²) >= 11 is 0. The Morgan fingerprint density at radius 3 is 2.21 bits per heavy atom. The summed E-state index contributed by atoms with van der Waals surface area (Å²) in [5.41, 5.74) is 0.0242. The van der Waals surface area contributed by atoms with E-state index in [2.05, 4.69) is 5.32 Å². The highest BCUT2D eigenvalue weighted by atomic mass is 32.2. The topological polar surface area (TPSA) is 66.4 Å². The first kappa shape index (κ1) is 20.8. The molecule has 0 aliphatic rings. The standard InChI is InChI=1S/C19H31NO3S/c1-13(20-17(22)19(5,6)7)14-10-8-9-11-15(14)24(23)12-16(21)18(2,3)4/h8-11,13,16,21H,12H2,1-7H3,(H,20,22)/t13-,16-,24+/m1/s1. The largest absolute Gasteiger partial charge is 0.392 e. The molecule has 3 atom stereocenters. The highest BCUT2D eigenvalue weighted by molar-refractivity contribution is 7.85. The molecule has 1 aromatic carbocycles. The van der Waals surface area contributed by atoms with Gasteiger partial charge in [0.05, 0.1) is 28.7 Å². The molecule has 136 valence electrons. The number of aliphatic hydroxyl groups excluding tert-OH is 1. The average Bonchev–Trinajstić information content (AvgIpc) is 2.45. The van der Waals surface area contributed by atoms with Gasteiger partial charge in [0, 0.05) is 10.3 Å². The molecule has 0 unspecified atom stereocenters. The van der Waals surface area contributed by atoms with Crippen LogP contribution in [0.2, 0.25) is 0 Å². The fraction of sp³-hybridized carbons (Fsp3) is 0.632. The molecule has 24 heavy (non-hydrogen) atoms. The summed E-state index contributed by atoms with van der Waals surface area (Å²) in [7, 11) is -1.33. The van der Waals surface area contributed by atoms with Crippen molar-refractivity contribution in [3.8, 4) is 0 Å². The molecule has 0 saturated carbocycles. The van der Waals surface area contributed by atoms with E-state index < -0.39 is 22.3 Å². The molecule has 0 fully saturated rings. The average molecular weight is 354 g/mol. The van der Waals surface area contributed by atoms with Gasteiger partial charge in [-0.05, 0) is 24.0 Å². The lowest BCUT2D eigenvalue weighted by Crippen LogP contribution is -2.37. The Kier molecular flexibility index (Phi) is 6.76. The maximum Gasteiger partial charge on any atom is 0.225 e. The van der Waals surface area contributed by atoms with Gasteiger partial charge in [-0.15, -0.1) is 0 Å². The van der Waals surface area contributed by atoms with Crippen LogP contribution >= 0.6 is 0 Å². The van der Waals surface area contributed by atoms with Gasteiger partial charge in [-0.25, -0.2) is 0 Å². The van der Waals surface area contributed by atoms with E-state index in [1.54, 1.807) is 6.07 Å². The molecule has 1 aromatic rings. The monoisotopic (exact) mass is 353 g/mol. The van der Waals surface area contributed by atoms with Crippen LogP contribution in [0.15, 0.2) is 29.2 Å². The van der Waals surface area contributed by atoms with E-state index in [4.69, 9.17) is 0 Å². The van der Waals surface area contributed by atoms with Gasteiger partial charge in [-0.1, -0.05) is 59.7 Å². The summed E-state index contributed by atoms with van der Waals surface area (Å²) < 4.78 is 12.7. The number of carbonyl (C=O) groups excluding carboxylic acids is 1. The molecule has 4 nitrogen and oxygen atoms in total. The van der Waals surface area contributed by atoms with Gasteiger partial charge in [0.15, 0.2) is 0 Å². The molecule has 2 N–H and O–H groups in total. The van der Waals surface area contributed by atoms with Crippen molar-refractivity contribution < 1.29 is 14.1 Å². The van der Waals surface area contributed by atoms with Crippen LogP contribution in [0.3, 0.4) is 0 Å². The van der Waals surface area contributed by atoms with Crippen molar-refractivity contribution in [2.45, 2.75) is 65.5 Å². The highest BCUT2D eigenvalue weighted by Gasteiger charge is 2.27. The first-order chi connectivity index (χ1) is 10.8. The Balaban J connectivity index is 2.99. The highest BCUT2D eigenvalue weighted by Crippen LogP contribution is 2.26. The van der Waals surface area contributed by atoms with Gasteiger partial charge >= 0.3 is 0 Å². The summed E-state index contributed by atoms with van der Waals surface area (Å²) in [5, 5.41) is 13.2. The van der Waals surface area contributed by atoms with Crippen molar-refractivity contribution in [3.63, 3.8) is 0 Å². The zero-order valence-electron chi connectivity index (χ0n) is 15.8. The summed E-state index contributed by atoms with van der Waals surface area (Å²) in [6.45, 7) is 13.2. The third-order valence-electron chi connectivity index (χ3n) is 3.97. The van der Waals surface area contributed by atoms with Crippen LogP contribution in [-0.2, 0) is 15.6 Å². The second-order valence-corrected chi connectivity index (χ2v) is 9.84. The number of nitrogens with one attached hydrogen (secondary N) is 1. The predicted molar refractivity (Wildman–Crippen MR) is 99.2 cm³/mol. The van der Waals surface area contributed by atoms with E-state index in [9.17, 15) is 14.1 Å². The van der Waals surface area contributed by atoms with Crippen molar-refractivity contribution in [3.05, 3.63) is 29.8 Å². The molecule has 0 bridgehead atoms. The minimum Gasteiger partial charge on any atom is -0.392 e. The van der Waals surface area contributed by atoms with Crippen molar-refractivity contribution in [1.29, 1.82) is 0 Å². The Morgan fingerprint density at radius 1 is 1.17 bits per heavy atom. The van der Waals surface area contributed by atoms with Crippen molar-refractivity contribution in [2.75, 3.05) is 5.75 Å². The summed E-state index contributed by atoms with van der Waals surface area (Å²) in [6, 6.07) is 7.14. The predicted octanol–water partition coefficient (Wildman–Crippen LogP) is 3.42. The number of hydrogen-bond acceptors (Lipinski definition) is 3. The zero-order chi connectivity index (χ0) is 18.7. The van der Waals surface area contributed by atoms with Crippen LogP contribution in [-0.4, -0.2) is 27.1 Å². The van der Waals surface area contributed by atoms with Crippen molar-refractivity contribution in [2.24, 2.45) is 10.8 Å². The second-order valence-electron chi connectivity index (χ2n) is 8.38. The first-order valence-electron chi connectivity index (χ1n) is 8.30. The van der Waals surface area contributed by atoms with Gasteiger partial charge in [0.2, 0.25) is 5.91 Å². The quantitative estimate of drug-likeness (QED) is 0.852. The van der Waals surface area contributed by atoms with E-state index >= 15 is 0 Å². The molecule has 1 rings (SSSR count). The number of carbonyl (C=O) groups is 1. The Hall–Kier alpha value is -1.20. The number of benzene rings is 1. The maximum absolute atomic E-state index is 12.7. The van der Waals surface area contributed by atoms with Crippen LogP contribution in [0.5, 0.6) is 0 Å². The minimum absolute atomic E-state index is 0.0506. The van der Waals surface area contributed by atoms with Crippen LogP contribution < -0.4 is 5.32 Å². The number of aliphatic hydroxyl groups is 1. The van der Waals surface area contributed by atoms with Crippen molar-refractivity contribution >= 4 is 16.7 Å². The van der Waals surface area contributed by atoms with Crippen LogP contribution in [0.25, 0.3) is 0 Å². The third kappa shape index (κ3) is 5.71. The molecule has 0 spiro atoms. The lowest BCUT2D eigenvalue weighted by Gasteiger charge is -2.26. The van der Waals surface area contributed by atoms with E-state index in [-0.39, 0.29) is 23.1 Å². The molecule has 5 heteroatoms. The van der Waals surface area contributed by atoms with Crippen molar-refractivity contribution in [1.82, 2.24) is 5.32 Å². The number of rotatable bonds is 5. The van der Waals surface area contributed by atoms with Gasteiger partial charge in [-0.2, -0.15) is 0 Å². The van der Waals surface area contributed by atoms with Crippen LogP contribution in [0.4, 0.5) is 0 Å². The lowest BCUT2D eigenvalue weighted by atomic mass is 9.90. The zero-order valence-corrected chi connectivity index (χ0v) is 16.7. The molecule has 0 saturated heterocycles. The van der Waals surface area contributed by atoms with E-state index in [0.29, 0.717) is 4.90 Å². The number of hydrogen-bond donors (Lipinski definition) is 2. The molecule has 0 heterocycles. The summed E-state index contributed by atoms with van der Waals surface area (Å²) in [6.07, 6.45) is -0.661. The molecule has 0 aliphatic carbocycles. The molecular formula is C19H31NO3S. The van der Waals surface area contributed by atoms with Gasteiger partial charge in [0.1, 0.15) is 0 Å². The molecule has 1 amide bonds. The van der Waals surface area contributed by atoms with Crippen LogP contribution in [0.1, 0.15) is 60.1 Å². The number of amides is 1. The Morgan fingerprint density at radius 2 is 1.71 bits per heavy atom. The van der Waals surface area contributed by atoms with E-state index in [0.717, 1.165) is 5.56 Å². The van der Waals surface area contributed by atoms with Crippen LogP contribution in [0, 0.1) is 10.8 Å². The molecule has 0 aliphatic heterocycles. The fourth-order valence-electron chi connectivity index (χ4n) is 2.02. The van der Waals surface area contributed by atoms with Gasteiger partial charge in [0.25, 0.3) is 0 Å². The Bertz CT molecular complexity index is 599. The molecule has 0 radical (unpaired) electrons. The SMILES string of the molecule is C[C@@H](NC(=O)C(C)(C)C)c1ccccc1[S@@](=O)C[C@@H](O)C(C)(C)C. The van der Waals surface area contributed by atoms with E-state index in [1.807, 2.05) is 66.7 Å². The van der Waals surface area contributed by atoms with Gasteiger partial charge < -0.3 is 10.4 Å². The fourth-order valence-corrected chi connectivity index (χ4v) is 3.72. The maximum atomic E-state index is 12.7. The molecule has 0 aromatic heterocycles. The normalized spacial score (nSPS) is 16.3. The van der Waals surface area contributed by atoms with E-state index in [1.165, 1.54) is 0 Å². The second kappa shape index (κ2) is 7.79. The third-order valence-corrected chi connectivity index (χ3v) is 5.45. The van der Waals surface area contributed by atoms with Gasteiger partial charge in [-0.3, -0.25) is 9.00 Å². The Labute approximate surface area is 148 Å². The summed E-state index contributed by atoms with van der Waals surface area (Å²) in [5.74, 6) is 0.130. The molecular weight excluding hydrogens is 322 g/mol. The smallest absolute Gasteiger partial charge is 0.225 e. The minimum atomic E-state index is -1.33. The first-order valence-corrected chi connectivity index (χ1v) is 9.62. The summed E-state index contributed by atoms with van der Waals surface area (Å²) in [4.78, 5) is 12.9. The lowest BCUT2D eigenvalue weighted by molar-refractivity contribution is -0.129.